The molecule has 3 aromatic carbocycles. The van der Waals surface area contributed by atoms with Gasteiger partial charge in [0.1, 0.15) is 5.76 Å². The third-order valence-corrected chi connectivity index (χ3v) is 6.77. The molecule has 0 spiro atoms. The topological polar surface area (TPSA) is 105 Å². The van der Waals surface area contributed by atoms with Gasteiger partial charge < -0.3 is 9.73 Å². The van der Waals surface area contributed by atoms with E-state index in [1.165, 1.54) is 19.2 Å². The molecule has 0 unspecified atom stereocenters. The Morgan fingerprint density at radius 3 is 2.42 bits per heavy atom. The van der Waals surface area contributed by atoms with E-state index in [0.29, 0.717) is 22.3 Å². The zero-order valence-electron chi connectivity index (χ0n) is 18.1. The van der Waals surface area contributed by atoms with Crippen LogP contribution in [-0.2, 0) is 16.6 Å². The van der Waals surface area contributed by atoms with Crippen molar-refractivity contribution in [3.05, 3.63) is 99.7 Å². The lowest BCUT2D eigenvalue weighted by molar-refractivity contribution is 0.0951. The maximum absolute atomic E-state index is 13.0. The molecule has 8 heteroatoms. The van der Waals surface area contributed by atoms with Crippen molar-refractivity contribution in [2.75, 3.05) is 7.05 Å². The van der Waals surface area contributed by atoms with E-state index in [4.69, 9.17) is 4.42 Å². The van der Waals surface area contributed by atoms with Gasteiger partial charge >= 0.3 is 0 Å². The highest BCUT2D eigenvalue weighted by molar-refractivity contribution is 7.89. The maximum Gasteiger partial charge on any atom is 0.255 e. The second-order valence-corrected chi connectivity index (χ2v) is 9.36. The first-order valence-electron chi connectivity index (χ1n) is 10.2. The fourth-order valence-corrected chi connectivity index (χ4v) is 4.37. The Morgan fingerprint density at radius 2 is 1.70 bits per heavy atom. The van der Waals surface area contributed by atoms with Gasteiger partial charge in [-0.05, 0) is 43.8 Å². The van der Waals surface area contributed by atoms with Crippen LogP contribution in [-0.4, -0.2) is 21.4 Å². The lowest BCUT2D eigenvalue weighted by atomic mass is 10.0. The highest BCUT2D eigenvalue weighted by Crippen LogP contribution is 2.27. The average molecular weight is 463 g/mol. The van der Waals surface area contributed by atoms with Crippen LogP contribution in [0.2, 0.25) is 0 Å². The van der Waals surface area contributed by atoms with Crippen molar-refractivity contribution in [1.29, 1.82) is 0 Å². The molecular weight excluding hydrogens is 440 g/mol. The molecule has 0 fully saturated rings. The number of hydrogen-bond donors (Lipinski definition) is 2. The van der Waals surface area contributed by atoms with Crippen LogP contribution in [0, 0.1) is 6.92 Å². The number of nitrogens with one attached hydrogen (secondary N) is 2. The van der Waals surface area contributed by atoms with Crippen molar-refractivity contribution in [2.45, 2.75) is 18.4 Å². The molecule has 0 aliphatic heterocycles. The van der Waals surface area contributed by atoms with E-state index < -0.39 is 15.9 Å². The number of carbonyl (C=O) groups excluding carboxylic acids is 1. The molecule has 1 aromatic heterocycles. The number of sulfonamides is 1. The lowest BCUT2D eigenvalue weighted by Gasteiger charge is -2.11. The molecule has 2 N–H and O–H groups in total. The third-order valence-electron chi connectivity index (χ3n) is 5.36. The zero-order chi connectivity index (χ0) is 23.6. The van der Waals surface area contributed by atoms with E-state index in [9.17, 15) is 18.0 Å². The summed E-state index contributed by atoms with van der Waals surface area (Å²) in [5.41, 5.74) is 2.05. The highest BCUT2D eigenvalue weighted by atomic mass is 32.2. The van der Waals surface area contributed by atoms with Gasteiger partial charge in [-0.2, -0.15) is 0 Å². The highest BCUT2D eigenvalue weighted by Gasteiger charge is 2.18. The Balaban J connectivity index is 1.69. The molecule has 0 aliphatic carbocycles. The van der Waals surface area contributed by atoms with Gasteiger partial charge in [0.15, 0.2) is 11.0 Å². The first-order chi connectivity index (χ1) is 15.8. The summed E-state index contributed by atoms with van der Waals surface area (Å²) in [4.78, 5) is 26.1. The molecule has 0 saturated heterocycles. The van der Waals surface area contributed by atoms with Gasteiger partial charge in [-0.15, -0.1) is 0 Å². The van der Waals surface area contributed by atoms with Gasteiger partial charge in [-0.1, -0.05) is 48.5 Å². The third kappa shape index (κ3) is 4.44. The minimum atomic E-state index is -3.59. The largest absolute Gasteiger partial charge is 0.455 e. The minimum absolute atomic E-state index is 0.101. The summed E-state index contributed by atoms with van der Waals surface area (Å²) in [5, 5.41) is 3.10. The van der Waals surface area contributed by atoms with Crippen molar-refractivity contribution >= 4 is 26.9 Å². The van der Waals surface area contributed by atoms with E-state index in [-0.39, 0.29) is 28.0 Å². The summed E-state index contributed by atoms with van der Waals surface area (Å²) in [7, 11) is -2.26. The Labute approximate surface area is 191 Å². The van der Waals surface area contributed by atoms with Crippen LogP contribution < -0.4 is 15.5 Å². The second kappa shape index (κ2) is 9.01. The number of benzene rings is 3. The standard InChI is InChI=1S/C25H22N2O5S/c1-16-22(28)20-12-7-13-21(24(20)32-23(16)18-9-4-3-5-10-18)25(29)27-15-17-8-6-11-19(14-17)33(30,31)26-2/h3-14,26H,15H2,1-2H3,(H,27,29). The SMILES string of the molecule is CNS(=O)(=O)c1cccc(CNC(=O)c2cccc3c(=O)c(C)c(-c4ccccc4)oc23)c1. The van der Waals surface area contributed by atoms with Gasteiger partial charge in [0, 0.05) is 17.7 Å². The number of amides is 1. The van der Waals surface area contributed by atoms with E-state index in [2.05, 4.69) is 10.0 Å². The van der Waals surface area contributed by atoms with Crippen molar-refractivity contribution < 1.29 is 17.6 Å². The van der Waals surface area contributed by atoms with Gasteiger partial charge in [0.05, 0.1) is 15.8 Å². The smallest absolute Gasteiger partial charge is 0.255 e. The Morgan fingerprint density at radius 1 is 0.970 bits per heavy atom. The van der Waals surface area contributed by atoms with Crippen LogP contribution in [0.15, 0.2) is 86.9 Å². The molecule has 33 heavy (non-hydrogen) atoms. The fourth-order valence-electron chi connectivity index (χ4n) is 3.57. The van der Waals surface area contributed by atoms with E-state index in [1.807, 2.05) is 30.3 Å². The fraction of sp³-hybridized carbons (Fsp3) is 0.120. The van der Waals surface area contributed by atoms with E-state index in [1.54, 1.807) is 37.3 Å². The molecule has 0 saturated carbocycles. The number of para-hydroxylation sites is 1. The van der Waals surface area contributed by atoms with Crippen LogP contribution in [0.4, 0.5) is 0 Å². The second-order valence-electron chi connectivity index (χ2n) is 7.47. The van der Waals surface area contributed by atoms with Gasteiger partial charge in [0.25, 0.3) is 5.91 Å². The minimum Gasteiger partial charge on any atom is -0.455 e. The zero-order valence-corrected chi connectivity index (χ0v) is 18.9. The summed E-state index contributed by atoms with van der Waals surface area (Å²) < 4.78 is 32.4. The van der Waals surface area contributed by atoms with Crippen molar-refractivity contribution in [1.82, 2.24) is 10.0 Å². The van der Waals surface area contributed by atoms with E-state index >= 15 is 0 Å². The van der Waals surface area contributed by atoms with Crippen molar-refractivity contribution in [2.24, 2.45) is 0 Å². The van der Waals surface area contributed by atoms with Gasteiger partial charge in [0.2, 0.25) is 10.0 Å². The first kappa shape index (κ1) is 22.4. The predicted octanol–water partition coefficient (Wildman–Crippen LogP) is 3.61. The molecule has 1 heterocycles. The van der Waals surface area contributed by atoms with Crippen LogP contribution in [0.3, 0.4) is 0 Å². The van der Waals surface area contributed by atoms with Gasteiger partial charge in [-0.25, -0.2) is 13.1 Å². The molecule has 0 aliphatic rings. The number of hydrogen-bond acceptors (Lipinski definition) is 5. The number of carbonyl (C=O) groups is 1. The normalized spacial score (nSPS) is 11.5. The van der Waals surface area contributed by atoms with E-state index in [0.717, 1.165) is 5.56 Å². The van der Waals surface area contributed by atoms with Gasteiger partial charge in [-0.3, -0.25) is 9.59 Å². The summed E-state index contributed by atoms with van der Waals surface area (Å²) in [6, 6.07) is 20.4. The molecule has 1 amide bonds. The predicted molar refractivity (Wildman–Crippen MR) is 127 cm³/mol. The molecule has 0 radical (unpaired) electrons. The summed E-state index contributed by atoms with van der Waals surface area (Å²) in [6.07, 6.45) is 0. The molecule has 0 atom stereocenters. The van der Waals surface area contributed by atoms with Crippen LogP contribution >= 0.6 is 0 Å². The Bertz CT molecular complexity index is 1510. The van der Waals surface area contributed by atoms with Crippen molar-refractivity contribution in [3.8, 4) is 11.3 Å². The maximum atomic E-state index is 13.0. The monoisotopic (exact) mass is 462 g/mol. The molecule has 7 nitrogen and oxygen atoms in total. The molecule has 4 aromatic rings. The van der Waals surface area contributed by atoms with Crippen molar-refractivity contribution in [3.63, 3.8) is 0 Å². The number of fused-ring (bicyclic) bond motifs is 1. The number of rotatable bonds is 6. The molecule has 168 valence electrons. The Kier molecular flexibility index (Phi) is 6.13. The molecule has 4 rings (SSSR count). The van der Waals surface area contributed by atoms with Crippen LogP contribution in [0.1, 0.15) is 21.5 Å². The summed E-state index contributed by atoms with van der Waals surface area (Å²) in [5.74, 6) is -0.0215. The summed E-state index contributed by atoms with van der Waals surface area (Å²) in [6.45, 7) is 1.80. The van der Waals surface area contributed by atoms with Crippen LogP contribution in [0.25, 0.3) is 22.3 Å². The molecular formula is C25H22N2O5S. The molecule has 0 bridgehead atoms. The van der Waals surface area contributed by atoms with Crippen LogP contribution in [0.5, 0.6) is 0 Å². The lowest BCUT2D eigenvalue weighted by Crippen LogP contribution is -2.24. The summed E-state index contributed by atoms with van der Waals surface area (Å²) >= 11 is 0. The Hall–Kier alpha value is -3.75. The quantitative estimate of drug-likeness (QED) is 0.455. The average Bonchev–Trinajstić information content (AvgIpc) is 2.85. The first-order valence-corrected chi connectivity index (χ1v) is 11.7.